The zero-order valence-corrected chi connectivity index (χ0v) is 21.6. The number of carbonyl (C=O) groups is 2. The number of nitro groups is 1. The topological polar surface area (TPSA) is 160 Å². The van der Waals surface area contributed by atoms with E-state index in [1.165, 1.54) is 17.1 Å². The van der Waals surface area contributed by atoms with Crippen molar-refractivity contribution in [3.8, 4) is 0 Å². The first-order valence-corrected chi connectivity index (χ1v) is 13.2. The number of nitrogens with one attached hydrogen (secondary N) is 2. The average Bonchev–Trinajstić information content (AvgIpc) is 3.06. The van der Waals surface area contributed by atoms with Gasteiger partial charge in [0.05, 0.1) is 17.6 Å². The first-order chi connectivity index (χ1) is 16.8. The lowest BCUT2D eigenvalue weighted by atomic mass is 10.2. The van der Waals surface area contributed by atoms with Gasteiger partial charge in [-0.05, 0) is 46.6 Å². The molecule has 2 saturated heterocycles. The molecule has 200 valence electrons. The Bertz CT molecular complexity index is 1090. The van der Waals surface area contributed by atoms with Crippen LogP contribution in [0, 0.1) is 10.1 Å². The average molecular weight is 528 g/mol. The van der Waals surface area contributed by atoms with Gasteiger partial charge < -0.3 is 14.8 Å². The Balaban J connectivity index is 1.86. The summed E-state index contributed by atoms with van der Waals surface area (Å²) in [5.74, 6) is -0.370. The highest BCUT2D eigenvalue weighted by atomic mass is 32.2. The first kappa shape index (κ1) is 27.8. The second-order valence-corrected chi connectivity index (χ2v) is 11.4. The molecule has 3 unspecified atom stereocenters. The molecule has 2 N–H and O–H groups in total. The third-order valence-corrected chi connectivity index (χ3v) is 7.25. The molecule has 1 amide bonds. The molecule has 0 spiro atoms. The molecule has 2 heterocycles. The maximum atomic E-state index is 13.1. The van der Waals surface area contributed by atoms with Gasteiger partial charge in [-0.1, -0.05) is 12.1 Å². The van der Waals surface area contributed by atoms with Crippen LogP contribution in [0.15, 0.2) is 29.2 Å². The zero-order chi connectivity index (χ0) is 26.7. The monoisotopic (exact) mass is 527 g/mol. The summed E-state index contributed by atoms with van der Waals surface area (Å²) in [7, 11) is -4.32. The van der Waals surface area contributed by atoms with Crippen molar-refractivity contribution in [2.45, 2.75) is 69.2 Å². The number of nitro benzene ring substituents is 1. The number of para-hydroxylation sites is 1. The molecule has 0 saturated carbocycles. The number of carbonyl (C=O) groups excluding carboxylic acids is 2. The molecule has 13 nitrogen and oxygen atoms in total. The highest BCUT2D eigenvalue weighted by Gasteiger charge is 2.44. The number of esters is 1. The van der Waals surface area contributed by atoms with Gasteiger partial charge in [0, 0.05) is 31.7 Å². The molecule has 3 rings (SSSR count). The fraction of sp³-hybridized carbons (Fsp3) is 0.636. The number of benzene rings is 1. The fourth-order valence-corrected chi connectivity index (χ4v) is 5.77. The lowest BCUT2D eigenvalue weighted by molar-refractivity contribution is -0.387. The van der Waals surface area contributed by atoms with Crippen molar-refractivity contribution >= 4 is 27.8 Å². The minimum Gasteiger partial charge on any atom is -0.465 e. The first-order valence-electron chi connectivity index (χ1n) is 11.7. The van der Waals surface area contributed by atoms with Crippen LogP contribution < -0.4 is 10.1 Å². The summed E-state index contributed by atoms with van der Waals surface area (Å²) in [6, 6.07) is 3.71. The van der Waals surface area contributed by atoms with Gasteiger partial charge in [-0.25, -0.2) is 18.2 Å². The van der Waals surface area contributed by atoms with Gasteiger partial charge in [0.1, 0.15) is 11.6 Å². The van der Waals surface area contributed by atoms with Crippen molar-refractivity contribution in [3.05, 3.63) is 34.4 Å². The van der Waals surface area contributed by atoms with Crippen LogP contribution in [0.2, 0.25) is 0 Å². The van der Waals surface area contributed by atoms with Crippen LogP contribution in [-0.4, -0.2) is 85.3 Å². The number of sulfonamides is 1. The van der Waals surface area contributed by atoms with Crippen LogP contribution in [0.25, 0.3) is 0 Å². The van der Waals surface area contributed by atoms with Crippen molar-refractivity contribution in [1.82, 2.24) is 20.1 Å². The summed E-state index contributed by atoms with van der Waals surface area (Å²) in [5, 5.41) is 15.6. The van der Waals surface area contributed by atoms with Crippen molar-refractivity contribution < 1.29 is 32.4 Å². The van der Waals surface area contributed by atoms with Gasteiger partial charge in [-0.15, -0.1) is 4.83 Å². The molecular formula is C22H33N5O8S. The maximum absolute atomic E-state index is 13.1. The summed E-state index contributed by atoms with van der Waals surface area (Å²) in [4.78, 5) is 39.6. The Morgan fingerprint density at radius 3 is 2.50 bits per heavy atom. The number of alkyl carbamates (subject to hydrolysis) is 1. The van der Waals surface area contributed by atoms with Gasteiger partial charge in [-0.2, -0.15) is 0 Å². The summed E-state index contributed by atoms with van der Waals surface area (Å²) in [5.41, 5.74) is -1.29. The molecule has 0 aliphatic carbocycles. The lowest BCUT2D eigenvalue weighted by Crippen LogP contribution is -2.52. The number of amides is 1. The van der Waals surface area contributed by atoms with Gasteiger partial charge >= 0.3 is 12.1 Å². The van der Waals surface area contributed by atoms with E-state index in [1.807, 2.05) is 4.90 Å². The minimum atomic E-state index is -4.32. The highest BCUT2D eigenvalue weighted by molar-refractivity contribution is 7.89. The van der Waals surface area contributed by atoms with Crippen molar-refractivity contribution in [2.75, 3.05) is 26.2 Å². The van der Waals surface area contributed by atoms with Crippen LogP contribution in [0.4, 0.5) is 10.5 Å². The molecule has 2 aliphatic heterocycles. The summed E-state index contributed by atoms with van der Waals surface area (Å²) in [6.45, 7) is 7.62. The van der Waals surface area contributed by atoms with Crippen molar-refractivity contribution in [3.63, 3.8) is 0 Å². The molecule has 36 heavy (non-hydrogen) atoms. The van der Waals surface area contributed by atoms with E-state index in [0.717, 1.165) is 12.1 Å². The number of nitrogens with zero attached hydrogens (tertiary/aromatic N) is 3. The molecule has 2 aliphatic rings. The zero-order valence-electron chi connectivity index (χ0n) is 20.8. The van der Waals surface area contributed by atoms with E-state index in [9.17, 15) is 28.1 Å². The number of hydrogen-bond acceptors (Lipinski definition) is 10. The second-order valence-electron chi connectivity index (χ2n) is 9.76. The van der Waals surface area contributed by atoms with Gasteiger partial charge in [-0.3, -0.25) is 19.8 Å². The number of fused-ring (bicyclic) bond motifs is 1. The van der Waals surface area contributed by atoms with Crippen LogP contribution >= 0.6 is 0 Å². The lowest BCUT2D eigenvalue weighted by Gasteiger charge is -2.29. The van der Waals surface area contributed by atoms with Crippen LogP contribution in [-0.2, 0) is 24.3 Å². The Labute approximate surface area is 210 Å². The largest absolute Gasteiger partial charge is 0.465 e. The smallest absolute Gasteiger partial charge is 0.407 e. The van der Waals surface area contributed by atoms with Gasteiger partial charge in [0.2, 0.25) is 0 Å². The van der Waals surface area contributed by atoms with E-state index in [-0.39, 0.29) is 38.3 Å². The molecule has 14 heteroatoms. The van der Waals surface area contributed by atoms with E-state index >= 15 is 0 Å². The van der Waals surface area contributed by atoms with E-state index < -0.39 is 49.3 Å². The number of hydrogen-bond donors (Lipinski definition) is 2. The standard InChI is InChI=1S/C22H33N5O8S/c1-5-34-20(28)18-11-10-16-14-25(12-15(13-26(16)18)23-21(29)35-22(2,3)4)24-36(32,33)19-9-7-6-8-17(19)27(30)31/h6-9,15-16,18,24H,5,10-14H2,1-4H3,(H,23,29). The van der Waals surface area contributed by atoms with Crippen LogP contribution in [0.1, 0.15) is 40.5 Å². The Morgan fingerprint density at radius 2 is 1.86 bits per heavy atom. The molecule has 0 aromatic heterocycles. The quantitative estimate of drug-likeness (QED) is 0.301. The van der Waals surface area contributed by atoms with E-state index in [0.29, 0.717) is 12.8 Å². The fourth-order valence-electron chi connectivity index (χ4n) is 4.50. The number of ether oxygens (including phenoxy) is 2. The van der Waals surface area contributed by atoms with Gasteiger partial charge in [0.25, 0.3) is 15.7 Å². The summed E-state index contributed by atoms with van der Waals surface area (Å²) in [6.07, 6.45) is 0.444. The molecular weight excluding hydrogens is 494 g/mol. The summed E-state index contributed by atoms with van der Waals surface area (Å²) < 4.78 is 36.9. The molecule has 0 radical (unpaired) electrons. The Morgan fingerprint density at radius 1 is 1.17 bits per heavy atom. The van der Waals surface area contributed by atoms with Gasteiger partial charge in [0.15, 0.2) is 4.90 Å². The van der Waals surface area contributed by atoms with Crippen LogP contribution in [0.5, 0.6) is 0 Å². The predicted molar refractivity (Wildman–Crippen MR) is 128 cm³/mol. The molecule has 1 aromatic carbocycles. The van der Waals surface area contributed by atoms with Crippen molar-refractivity contribution in [1.29, 1.82) is 0 Å². The third-order valence-electron chi connectivity index (χ3n) is 5.83. The summed E-state index contributed by atoms with van der Waals surface area (Å²) >= 11 is 0. The second kappa shape index (κ2) is 11.1. The molecule has 1 aromatic rings. The Hall–Kier alpha value is -2.81. The number of hydrazine groups is 1. The van der Waals surface area contributed by atoms with Crippen LogP contribution in [0.3, 0.4) is 0 Å². The van der Waals surface area contributed by atoms with E-state index in [4.69, 9.17) is 9.47 Å². The maximum Gasteiger partial charge on any atom is 0.407 e. The highest BCUT2D eigenvalue weighted by Crippen LogP contribution is 2.29. The van der Waals surface area contributed by atoms with Crippen molar-refractivity contribution in [2.24, 2.45) is 0 Å². The van der Waals surface area contributed by atoms with E-state index in [1.54, 1.807) is 27.7 Å². The molecule has 3 atom stereocenters. The van der Waals surface area contributed by atoms with E-state index in [2.05, 4.69) is 10.1 Å². The number of rotatable bonds is 7. The SMILES string of the molecule is CCOC(=O)C1CCC2CN(NS(=O)(=O)c3ccccc3[N+](=O)[O-])CC(NC(=O)OC(C)(C)C)CN21. The minimum absolute atomic E-state index is 0.0433. The molecule has 0 bridgehead atoms. The predicted octanol–water partition coefficient (Wildman–Crippen LogP) is 1.39. The Kier molecular flexibility index (Phi) is 8.54. The molecule has 2 fully saturated rings. The third kappa shape index (κ3) is 6.90. The normalized spacial score (nSPS) is 23.4.